The van der Waals surface area contributed by atoms with Gasteiger partial charge in [-0.2, -0.15) is 0 Å². The van der Waals surface area contributed by atoms with Crippen LogP contribution in [0.1, 0.15) is 123 Å². The van der Waals surface area contributed by atoms with E-state index in [4.69, 9.17) is 5.84 Å². The van der Waals surface area contributed by atoms with Gasteiger partial charge in [-0.3, -0.25) is 16.3 Å². The molecule has 7 heteroatoms. The zero-order chi connectivity index (χ0) is 38.9. The summed E-state index contributed by atoms with van der Waals surface area (Å²) in [4.78, 5) is 8.45. The molecule has 49 heavy (non-hydrogen) atoms. The SMILES string of the molecule is C=CNC.CC.CC.CC.CC(C)=CCNN.CC=CCC.CCCCCN(CC1=CN=C(C)C(/C=C/C(C)C)N1)c1cccc(SC)c1. The maximum absolute atomic E-state index is 4.98. The Bertz CT molecular complexity index is 975. The van der Waals surface area contributed by atoms with Crippen LogP contribution in [0.4, 0.5) is 5.69 Å². The van der Waals surface area contributed by atoms with Gasteiger partial charge in [0.15, 0.2) is 0 Å². The standard InChI is InChI=1S/C23H35N3S.C5H12N2.C5H10.C3H7N.3C2H6/c1-6-7-8-14-26(21-10-9-11-22(15-21)27-5)17-20-16-24-19(4)23(25-20)13-12-18(2)3;1-5(2)3-4-7-6;1-3-5-4-2;1-3-4-2;3*1-2/h9-13,15-16,18,23,25H,6-8,14,17H2,1-5H3;3,7H,4,6H2,1-2H3;3,5H,4H2,1-2H3;3-4H,1H2,2H3;3*1-2H3/b13-12+;;;;;;. The zero-order valence-corrected chi connectivity index (χ0v) is 35.9. The number of anilines is 1. The van der Waals surface area contributed by atoms with Crippen LogP contribution in [0.2, 0.25) is 0 Å². The van der Waals surface area contributed by atoms with E-state index in [0.717, 1.165) is 31.8 Å². The number of rotatable bonds is 14. The summed E-state index contributed by atoms with van der Waals surface area (Å²) in [6.07, 6.45) is 21.3. The highest BCUT2D eigenvalue weighted by molar-refractivity contribution is 7.98. The van der Waals surface area contributed by atoms with Crippen LogP contribution < -0.4 is 26.8 Å². The van der Waals surface area contributed by atoms with E-state index >= 15 is 0 Å². The van der Waals surface area contributed by atoms with Crippen LogP contribution in [0.5, 0.6) is 0 Å². The molecule has 1 heterocycles. The lowest BCUT2D eigenvalue weighted by Crippen LogP contribution is -2.40. The number of benzene rings is 1. The Morgan fingerprint density at radius 2 is 1.71 bits per heavy atom. The number of hydrogen-bond acceptors (Lipinski definition) is 7. The van der Waals surface area contributed by atoms with Gasteiger partial charge in [0.25, 0.3) is 0 Å². The molecule has 0 fully saturated rings. The van der Waals surface area contributed by atoms with E-state index in [-0.39, 0.29) is 6.04 Å². The average molecular weight is 703 g/mol. The molecule has 5 N–H and O–H groups in total. The number of nitrogens with one attached hydrogen (secondary N) is 3. The monoisotopic (exact) mass is 703 g/mol. The third-order valence-electron chi connectivity index (χ3n) is 6.02. The van der Waals surface area contributed by atoms with E-state index in [9.17, 15) is 0 Å². The smallest absolute Gasteiger partial charge is 0.0825 e. The fraction of sp³-hybridized carbons (Fsp3) is 0.595. The van der Waals surface area contributed by atoms with Crippen LogP contribution in [-0.2, 0) is 0 Å². The summed E-state index contributed by atoms with van der Waals surface area (Å²) in [5.41, 5.74) is 7.41. The second-order valence-electron chi connectivity index (χ2n) is 10.7. The Hall–Kier alpha value is -2.74. The molecule has 286 valence electrons. The van der Waals surface area contributed by atoms with Gasteiger partial charge in [-0.25, -0.2) is 0 Å². The molecule has 1 aromatic rings. The normalized spacial score (nSPS) is 12.4. The maximum Gasteiger partial charge on any atom is 0.0825 e. The summed E-state index contributed by atoms with van der Waals surface area (Å²) in [6, 6.07) is 9.05. The number of hydrogen-bond donors (Lipinski definition) is 4. The number of unbranched alkanes of at least 4 members (excludes halogenated alkanes) is 2. The molecule has 1 unspecified atom stereocenters. The van der Waals surface area contributed by atoms with Crippen molar-refractivity contribution in [3.8, 4) is 0 Å². The van der Waals surface area contributed by atoms with Crippen LogP contribution in [0.3, 0.4) is 0 Å². The van der Waals surface area contributed by atoms with Crippen LogP contribution in [0, 0.1) is 5.92 Å². The molecule has 1 aliphatic heterocycles. The van der Waals surface area contributed by atoms with Crippen molar-refractivity contribution >= 4 is 23.2 Å². The largest absolute Gasteiger partial charge is 0.394 e. The average Bonchev–Trinajstić information content (AvgIpc) is 3.14. The van der Waals surface area contributed by atoms with E-state index in [2.05, 4.69) is 122 Å². The van der Waals surface area contributed by atoms with Crippen molar-refractivity contribution in [1.82, 2.24) is 16.1 Å². The molecule has 0 aromatic heterocycles. The number of nitrogens with zero attached hydrogens (tertiary/aromatic N) is 2. The van der Waals surface area contributed by atoms with Crippen LogP contribution >= 0.6 is 11.8 Å². The summed E-state index contributed by atoms with van der Waals surface area (Å²) in [6.45, 7) is 35.1. The van der Waals surface area contributed by atoms with Gasteiger partial charge in [0.05, 0.1) is 12.6 Å². The summed E-state index contributed by atoms with van der Waals surface area (Å²) >= 11 is 1.80. The Morgan fingerprint density at radius 1 is 1.10 bits per heavy atom. The lowest BCUT2D eigenvalue weighted by molar-refractivity contribution is 0.667. The first kappa shape index (κ1) is 55.7. The van der Waals surface area contributed by atoms with Gasteiger partial charge in [0.1, 0.15) is 0 Å². The molecule has 0 aliphatic carbocycles. The van der Waals surface area contributed by atoms with E-state index in [1.165, 1.54) is 41.1 Å². The maximum atomic E-state index is 4.98. The summed E-state index contributed by atoms with van der Waals surface area (Å²) in [5.74, 6) is 5.53. The summed E-state index contributed by atoms with van der Waals surface area (Å²) < 4.78 is 0. The van der Waals surface area contributed by atoms with E-state index in [0.29, 0.717) is 5.92 Å². The van der Waals surface area contributed by atoms with Gasteiger partial charge in [-0.1, -0.05) is 131 Å². The predicted molar refractivity (Wildman–Crippen MR) is 232 cm³/mol. The number of hydrazine groups is 1. The van der Waals surface area contributed by atoms with Crippen molar-refractivity contribution in [1.29, 1.82) is 0 Å². The molecular formula is C42H82N6S. The Kier molecular flexibility index (Phi) is 51.4. The fourth-order valence-corrected chi connectivity index (χ4v) is 4.03. The minimum atomic E-state index is 0.197. The minimum absolute atomic E-state index is 0.197. The number of thioether (sulfide) groups is 1. The van der Waals surface area contributed by atoms with Gasteiger partial charge in [-0.15, -0.1) is 11.8 Å². The highest BCUT2D eigenvalue weighted by Gasteiger charge is 2.17. The van der Waals surface area contributed by atoms with Crippen molar-refractivity contribution < 1.29 is 0 Å². The molecule has 6 nitrogen and oxygen atoms in total. The highest BCUT2D eigenvalue weighted by atomic mass is 32.2. The summed E-state index contributed by atoms with van der Waals surface area (Å²) in [5, 5.41) is 6.37. The molecule has 1 aliphatic rings. The lowest BCUT2D eigenvalue weighted by atomic mass is 10.1. The first-order valence-electron chi connectivity index (χ1n) is 18.7. The first-order valence-corrected chi connectivity index (χ1v) is 19.9. The third kappa shape index (κ3) is 37.9. The summed E-state index contributed by atoms with van der Waals surface area (Å²) in [7, 11) is 1.81. The molecule has 0 radical (unpaired) electrons. The van der Waals surface area contributed by atoms with Crippen molar-refractivity contribution in [2.75, 3.05) is 37.8 Å². The molecule has 0 saturated carbocycles. The molecular weight excluding hydrogens is 621 g/mol. The molecule has 0 saturated heterocycles. The fourth-order valence-electron chi connectivity index (χ4n) is 3.57. The Labute approximate surface area is 311 Å². The molecule has 0 amide bonds. The lowest BCUT2D eigenvalue weighted by Gasteiger charge is -2.30. The van der Waals surface area contributed by atoms with Crippen molar-refractivity contribution in [2.24, 2.45) is 16.8 Å². The van der Waals surface area contributed by atoms with Crippen LogP contribution in [0.15, 0.2) is 94.8 Å². The van der Waals surface area contributed by atoms with E-state index < -0.39 is 0 Å². The number of allylic oxidation sites excluding steroid dienone is 4. The van der Waals surface area contributed by atoms with E-state index in [1.807, 2.05) is 81.6 Å². The van der Waals surface area contributed by atoms with Crippen molar-refractivity contribution in [2.45, 2.75) is 134 Å². The minimum Gasteiger partial charge on any atom is -0.394 e. The molecule has 0 bridgehead atoms. The van der Waals surface area contributed by atoms with Crippen LogP contribution in [0.25, 0.3) is 0 Å². The molecule has 0 spiro atoms. The highest BCUT2D eigenvalue weighted by Crippen LogP contribution is 2.24. The van der Waals surface area contributed by atoms with E-state index in [1.54, 1.807) is 18.0 Å². The van der Waals surface area contributed by atoms with Gasteiger partial charge in [0.2, 0.25) is 0 Å². The quantitative estimate of drug-likeness (QED) is 0.0508. The number of aliphatic imine (C=N–C) groups is 1. The molecule has 1 aromatic carbocycles. The first-order chi connectivity index (χ1) is 23.6. The third-order valence-corrected chi connectivity index (χ3v) is 6.74. The second kappa shape index (κ2) is 45.3. The molecule has 2 rings (SSSR count). The van der Waals surface area contributed by atoms with Crippen molar-refractivity contribution in [3.63, 3.8) is 0 Å². The van der Waals surface area contributed by atoms with Gasteiger partial charge in [-0.05, 0) is 77.1 Å². The molecule has 1 atom stereocenters. The number of nitrogens with two attached hydrogens (primary N) is 1. The van der Waals surface area contributed by atoms with Gasteiger partial charge < -0.3 is 15.5 Å². The van der Waals surface area contributed by atoms with Gasteiger partial charge in [0, 0.05) is 48.3 Å². The van der Waals surface area contributed by atoms with Gasteiger partial charge >= 0.3 is 0 Å². The topological polar surface area (TPSA) is 77.7 Å². The predicted octanol–water partition coefficient (Wildman–Crippen LogP) is 11.7. The van der Waals surface area contributed by atoms with Crippen molar-refractivity contribution in [3.05, 3.63) is 84.9 Å². The Balaban J connectivity index is -0.000000240. The Morgan fingerprint density at radius 3 is 2.12 bits per heavy atom. The second-order valence-corrected chi connectivity index (χ2v) is 11.5. The zero-order valence-electron chi connectivity index (χ0n) is 35.0. The van der Waals surface area contributed by atoms with Crippen LogP contribution in [-0.4, -0.2) is 44.7 Å².